The molecule has 1 fully saturated rings. The van der Waals surface area contributed by atoms with Gasteiger partial charge in [0, 0.05) is 17.5 Å². The predicted molar refractivity (Wildman–Crippen MR) is 69.6 cm³/mol. The number of ether oxygens (including phenoxy) is 2. The lowest BCUT2D eigenvalue weighted by atomic mass is 9.89. The average Bonchev–Trinajstić information content (AvgIpc) is 2.99. The van der Waals surface area contributed by atoms with Crippen molar-refractivity contribution in [1.82, 2.24) is 0 Å². The Balaban J connectivity index is 2.19. The van der Waals surface area contributed by atoms with Gasteiger partial charge in [0.25, 0.3) is 0 Å². The molecule has 0 bridgehead atoms. The van der Waals surface area contributed by atoms with Gasteiger partial charge in [0.15, 0.2) is 11.5 Å². The van der Waals surface area contributed by atoms with Gasteiger partial charge in [0.1, 0.15) is 0 Å². The van der Waals surface area contributed by atoms with Gasteiger partial charge in [-0.3, -0.25) is 0 Å². The second-order valence-electron chi connectivity index (χ2n) is 4.79. The summed E-state index contributed by atoms with van der Waals surface area (Å²) < 4.78 is 12.1. The molecule has 1 aromatic carbocycles. The van der Waals surface area contributed by atoms with E-state index >= 15 is 0 Å². The van der Waals surface area contributed by atoms with Crippen LogP contribution in [0.25, 0.3) is 0 Å². The van der Waals surface area contributed by atoms with Gasteiger partial charge < -0.3 is 15.2 Å². The van der Waals surface area contributed by atoms with Gasteiger partial charge in [-0.2, -0.15) is 0 Å². The molecule has 1 aromatic rings. The van der Waals surface area contributed by atoms with Crippen LogP contribution >= 0.6 is 15.9 Å². The Morgan fingerprint density at radius 2 is 2.06 bits per heavy atom. The topological polar surface area (TPSA) is 44.5 Å². The minimum Gasteiger partial charge on any atom is -0.453 e. The number of hydrogen-bond acceptors (Lipinski definition) is 3. The van der Waals surface area contributed by atoms with Gasteiger partial charge in [-0.15, -0.1) is 0 Å². The van der Waals surface area contributed by atoms with Crippen LogP contribution in [0.15, 0.2) is 10.5 Å². The molecular formula is C13H16BrNO2. The van der Waals surface area contributed by atoms with E-state index in [0.717, 1.165) is 22.4 Å². The van der Waals surface area contributed by atoms with Crippen molar-refractivity contribution in [2.75, 3.05) is 13.3 Å². The maximum Gasteiger partial charge on any atom is 0.231 e. The lowest BCUT2D eigenvalue weighted by molar-refractivity contribution is 0.172. The normalized spacial score (nSPS) is 19.5. The molecule has 2 aliphatic rings. The van der Waals surface area contributed by atoms with E-state index in [9.17, 15) is 0 Å². The highest BCUT2D eigenvalue weighted by Crippen LogP contribution is 2.54. The maximum absolute atomic E-state index is 5.93. The first-order chi connectivity index (χ1) is 8.22. The molecule has 0 atom stereocenters. The molecule has 2 N–H and O–H groups in total. The monoisotopic (exact) mass is 297 g/mol. The zero-order chi connectivity index (χ0) is 12.0. The van der Waals surface area contributed by atoms with E-state index in [1.54, 1.807) is 0 Å². The molecule has 0 unspecified atom stereocenters. The molecule has 4 heteroatoms. The van der Waals surface area contributed by atoms with Crippen molar-refractivity contribution >= 4 is 15.9 Å². The van der Waals surface area contributed by atoms with E-state index in [4.69, 9.17) is 15.2 Å². The quantitative estimate of drug-likeness (QED) is 0.933. The third-order valence-electron chi connectivity index (χ3n) is 3.87. The number of rotatable bonds is 3. The first kappa shape index (κ1) is 11.4. The number of halogens is 1. The van der Waals surface area contributed by atoms with Gasteiger partial charge in [-0.1, -0.05) is 6.92 Å². The van der Waals surface area contributed by atoms with Crippen LogP contribution in [0.3, 0.4) is 0 Å². The number of fused-ring (bicyclic) bond motifs is 1. The summed E-state index contributed by atoms with van der Waals surface area (Å²) in [5.41, 5.74) is 8.73. The summed E-state index contributed by atoms with van der Waals surface area (Å²) in [6.07, 6.45) is 3.32. The molecule has 0 radical (unpaired) electrons. The van der Waals surface area contributed by atoms with Crippen molar-refractivity contribution in [2.45, 2.75) is 31.6 Å². The molecule has 0 amide bonds. The molecule has 3 rings (SSSR count). The second-order valence-corrected chi connectivity index (χ2v) is 5.64. The summed E-state index contributed by atoms with van der Waals surface area (Å²) in [6.45, 7) is 3.19. The molecule has 17 heavy (non-hydrogen) atoms. The van der Waals surface area contributed by atoms with Crippen LogP contribution < -0.4 is 15.2 Å². The van der Waals surface area contributed by atoms with E-state index in [2.05, 4.69) is 28.9 Å². The summed E-state index contributed by atoms with van der Waals surface area (Å²) in [5, 5.41) is 0. The Labute approximate surface area is 109 Å². The summed E-state index contributed by atoms with van der Waals surface area (Å²) in [5.74, 6) is 1.76. The fourth-order valence-corrected chi connectivity index (χ4v) is 3.16. The Morgan fingerprint density at radius 1 is 1.35 bits per heavy atom. The Hall–Kier alpha value is -0.740. The minimum atomic E-state index is 0.189. The Bertz CT molecular complexity index is 469. The van der Waals surface area contributed by atoms with E-state index in [0.29, 0.717) is 13.3 Å². The van der Waals surface area contributed by atoms with Crippen molar-refractivity contribution < 1.29 is 9.47 Å². The van der Waals surface area contributed by atoms with E-state index < -0.39 is 0 Å². The van der Waals surface area contributed by atoms with Crippen molar-refractivity contribution in [3.63, 3.8) is 0 Å². The smallest absolute Gasteiger partial charge is 0.231 e. The third kappa shape index (κ3) is 1.58. The highest BCUT2D eigenvalue weighted by Gasteiger charge is 2.45. The molecule has 1 aliphatic heterocycles. The first-order valence-electron chi connectivity index (χ1n) is 6.03. The van der Waals surface area contributed by atoms with Crippen LogP contribution in [-0.4, -0.2) is 13.3 Å². The minimum absolute atomic E-state index is 0.189. The lowest BCUT2D eigenvalue weighted by Gasteiger charge is -2.19. The van der Waals surface area contributed by atoms with E-state index in [1.807, 2.05) is 0 Å². The van der Waals surface area contributed by atoms with Gasteiger partial charge in [-0.25, -0.2) is 0 Å². The first-order valence-corrected chi connectivity index (χ1v) is 6.82. The highest BCUT2D eigenvalue weighted by atomic mass is 79.9. The van der Waals surface area contributed by atoms with Gasteiger partial charge >= 0.3 is 0 Å². The third-order valence-corrected chi connectivity index (χ3v) is 4.46. The standard InChI is InChI=1S/C13H16BrNO2/c1-2-8-9(13(6-15)3-4-13)5-10(14)12-11(8)16-7-17-12/h5H,2-4,6-7,15H2,1H3. The lowest BCUT2D eigenvalue weighted by Crippen LogP contribution is -2.21. The molecule has 1 aliphatic carbocycles. The molecule has 0 aromatic heterocycles. The number of nitrogens with two attached hydrogens (primary N) is 1. The van der Waals surface area contributed by atoms with Gasteiger partial charge in [0.2, 0.25) is 6.79 Å². The fourth-order valence-electron chi connectivity index (χ4n) is 2.64. The van der Waals surface area contributed by atoms with Crippen LogP contribution in [0.1, 0.15) is 30.9 Å². The predicted octanol–water partition coefficient (Wildman–Crippen LogP) is 2.73. The molecule has 0 saturated heterocycles. The zero-order valence-corrected chi connectivity index (χ0v) is 11.5. The largest absolute Gasteiger partial charge is 0.453 e. The van der Waals surface area contributed by atoms with Crippen LogP contribution in [0.5, 0.6) is 11.5 Å². The molecule has 92 valence electrons. The second kappa shape index (κ2) is 3.89. The van der Waals surface area contributed by atoms with Crippen LogP contribution in [0, 0.1) is 0 Å². The summed E-state index contributed by atoms with van der Waals surface area (Å²) in [6, 6.07) is 2.17. The van der Waals surface area contributed by atoms with E-state index in [-0.39, 0.29) is 5.41 Å². The van der Waals surface area contributed by atoms with Crippen LogP contribution in [-0.2, 0) is 11.8 Å². The molecular weight excluding hydrogens is 282 g/mol. The Kier molecular flexibility index (Phi) is 2.60. The van der Waals surface area contributed by atoms with Crippen molar-refractivity contribution in [1.29, 1.82) is 0 Å². The molecule has 1 saturated carbocycles. The zero-order valence-electron chi connectivity index (χ0n) is 9.88. The highest BCUT2D eigenvalue weighted by molar-refractivity contribution is 9.10. The average molecular weight is 298 g/mol. The van der Waals surface area contributed by atoms with Crippen molar-refractivity contribution in [3.05, 3.63) is 21.7 Å². The number of benzene rings is 1. The summed E-state index contributed by atoms with van der Waals surface area (Å²) in [7, 11) is 0. The van der Waals surface area contributed by atoms with Crippen molar-refractivity contribution in [3.8, 4) is 11.5 Å². The number of hydrogen-bond donors (Lipinski definition) is 1. The molecule has 1 heterocycles. The van der Waals surface area contributed by atoms with Gasteiger partial charge in [0.05, 0.1) is 4.47 Å². The van der Waals surface area contributed by atoms with Gasteiger partial charge in [-0.05, 0) is 46.8 Å². The summed E-state index contributed by atoms with van der Waals surface area (Å²) in [4.78, 5) is 0. The molecule has 0 spiro atoms. The Morgan fingerprint density at radius 3 is 2.65 bits per heavy atom. The van der Waals surface area contributed by atoms with Crippen LogP contribution in [0.4, 0.5) is 0 Å². The van der Waals surface area contributed by atoms with E-state index in [1.165, 1.54) is 24.0 Å². The summed E-state index contributed by atoms with van der Waals surface area (Å²) >= 11 is 3.57. The van der Waals surface area contributed by atoms with Crippen molar-refractivity contribution in [2.24, 2.45) is 5.73 Å². The fraction of sp³-hybridized carbons (Fsp3) is 0.538. The van der Waals surface area contributed by atoms with Crippen LogP contribution in [0.2, 0.25) is 0 Å². The molecule has 3 nitrogen and oxygen atoms in total. The SMILES string of the molecule is CCc1c(C2(CN)CC2)cc(Br)c2c1OCO2. The maximum atomic E-state index is 5.93.